The third-order valence-corrected chi connectivity index (χ3v) is 11.4. The van der Waals surface area contributed by atoms with Crippen LogP contribution < -0.4 is 4.74 Å². The van der Waals surface area contributed by atoms with Gasteiger partial charge in [-0.3, -0.25) is 0 Å². The normalized spacial score (nSPS) is 23.3. The van der Waals surface area contributed by atoms with Gasteiger partial charge in [-0.2, -0.15) is 8.78 Å². The molecule has 0 aromatic heterocycles. The molecular weight excluding hydrogens is 708 g/mol. The number of hydrogen-bond acceptors (Lipinski definition) is 1. The van der Waals surface area contributed by atoms with Crippen LogP contribution in [0, 0.1) is 46.8 Å². The van der Waals surface area contributed by atoms with Gasteiger partial charge in [0.2, 0.25) is 0 Å². The van der Waals surface area contributed by atoms with Crippen molar-refractivity contribution < 1.29 is 54.9 Å². The largest absolute Gasteiger partial charge is 0.432 e. The predicted molar refractivity (Wildman–Crippen MR) is 168 cm³/mol. The average molecular weight is 747 g/mol. The predicted octanol–water partition coefficient (Wildman–Crippen LogP) is 14.5. The number of halogens is 12. The lowest BCUT2D eigenvalue weighted by molar-refractivity contribution is -0.189. The van der Waals surface area contributed by atoms with Gasteiger partial charge in [-0.1, -0.05) is 64.9 Å². The van der Waals surface area contributed by atoms with Gasteiger partial charge in [0.25, 0.3) is 0 Å². The first-order chi connectivity index (χ1) is 23.2. The number of hydrogen-bond donors (Lipinski definition) is 0. The first-order valence-electron chi connectivity index (χ1n) is 16.8. The van der Waals surface area contributed by atoms with Crippen LogP contribution in [0.15, 0.2) is 47.4 Å². The highest BCUT2D eigenvalue weighted by Gasteiger charge is 2.69. The van der Waals surface area contributed by atoms with Crippen molar-refractivity contribution in [2.75, 3.05) is 0 Å². The molecule has 1 nitrogen and oxygen atoms in total. The first kappa shape index (κ1) is 38.2. The Morgan fingerprint density at radius 3 is 1.70 bits per heavy atom. The molecule has 0 amide bonds. The van der Waals surface area contributed by atoms with E-state index in [2.05, 4.69) is 11.7 Å². The SMILES string of the molecule is CCCCCC1CCC(C2CCC(c3cc(F)c(C(F)(F)Oc4ccc(-c5cc(F)c(S(F)(F)(F)(F)F)c(F)c5)c(F)c4)c(F)c3)CC2)CC1. The molecule has 5 rings (SSSR count). The molecule has 2 saturated carbocycles. The molecule has 0 aliphatic heterocycles. The Morgan fingerprint density at radius 2 is 1.20 bits per heavy atom. The van der Waals surface area contributed by atoms with Gasteiger partial charge in [-0.05, 0) is 110 Å². The molecule has 50 heavy (non-hydrogen) atoms. The first-order valence-corrected chi connectivity index (χ1v) is 18.7. The maximum absolute atomic E-state index is 15.1. The van der Waals surface area contributed by atoms with Crippen molar-refractivity contribution in [3.8, 4) is 16.9 Å². The smallest absolute Gasteiger partial charge is 0.429 e. The summed E-state index contributed by atoms with van der Waals surface area (Å²) < 4.78 is 173. The van der Waals surface area contributed by atoms with E-state index in [4.69, 9.17) is 0 Å². The zero-order valence-electron chi connectivity index (χ0n) is 27.2. The van der Waals surface area contributed by atoms with Crippen LogP contribution in [0.1, 0.15) is 101 Å². The van der Waals surface area contributed by atoms with E-state index in [-0.39, 0.29) is 29.7 Å². The standard InChI is InChI=1S/C36H38F12OS/c1-2-3-4-5-21-6-8-22(9-7-21)23-10-12-24(13-11-23)25-16-30(38)34(31(39)17-25)36(42,43)49-27-14-15-28(29(37)20-27)26-18-32(40)35(33(41)19-26)50(44,45,46,47)48/h14-24H,2-13H2,1H3. The Bertz CT molecular complexity index is 1650. The van der Waals surface area contributed by atoms with Crippen molar-refractivity contribution >= 4 is 10.2 Å². The van der Waals surface area contributed by atoms with Crippen LogP contribution in [0.5, 0.6) is 5.75 Å². The van der Waals surface area contributed by atoms with Crippen LogP contribution >= 0.6 is 10.2 Å². The molecule has 0 saturated heterocycles. The van der Waals surface area contributed by atoms with Crippen molar-refractivity contribution in [3.05, 3.63) is 82.7 Å². The van der Waals surface area contributed by atoms with Crippen molar-refractivity contribution in [2.45, 2.75) is 101 Å². The second-order valence-corrected chi connectivity index (χ2v) is 16.1. The van der Waals surface area contributed by atoms with Crippen molar-refractivity contribution in [2.24, 2.45) is 17.8 Å². The van der Waals surface area contributed by atoms with E-state index in [1.54, 1.807) is 0 Å². The zero-order valence-corrected chi connectivity index (χ0v) is 28.0. The van der Waals surface area contributed by atoms with Crippen LogP contribution in [0.4, 0.5) is 50.2 Å². The topological polar surface area (TPSA) is 9.23 Å². The second-order valence-electron chi connectivity index (χ2n) is 13.7. The molecule has 0 radical (unpaired) electrons. The van der Waals surface area contributed by atoms with Crippen molar-refractivity contribution in [3.63, 3.8) is 0 Å². The van der Waals surface area contributed by atoms with Crippen LogP contribution in [0.3, 0.4) is 0 Å². The average Bonchev–Trinajstić information content (AvgIpc) is 2.99. The monoisotopic (exact) mass is 746 g/mol. The molecule has 14 heteroatoms. The van der Waals surface area contributed by atoms with Gasteiger partial charge < -0.3 is 4.74 Å². The lowest BCUT2D eigenvalue weighted by Gasteiger charge is -2.40. The molecule has 2 fully saturated rings. The summed E-state index contributed by atoms with van der Waals surface area (Å²) in [6.07, 6.45) is 8.22. The fourth-order valence-electron chi connectivity index (χ4n) is 7.74. The summed E-state index contributed by atoms with van der Waals surface area (Å²) in [5.41, 5.74) is -3.32. The summed E-state index contributed by atoms with van der Waals surface area (Å²) in [4.78, 5) is -3.41. The Kier molecular flexibility index (Phi) is 10.3. The minimum absolute atomic E-state index is 0.191. The molecule has 0 spiro atoms. The lowest BCUT2D eigenvalue weighted by Crippen LogP contribution is -2.27. The molecule has 0 bridgehead atoms. The fraction of sp³-hybridized carbons (Fsp3) is 0.500. The number of alkyl halides is 2. The van der Waals surface area contributed by atoms with Gasteiger partial charge in [0.05, 0.1) is 0 Å². The molecule has 278 valence electrons. The molecular formula is C36H38F12OS. The molecule has 2 aliphatic rings. The van der Waals surface area contributed by atoms with E-state index >= 15 is 17.6 Å². The van der Waals surface area contributed by atoms with E-state index in [1.165, 1.54) is 51.4 Å². The quantitative estimate of drug-likeness (QED) is 0.140. The molecule has 2 aliphatic carbocycles. The van der Waals surface area contributed by atoms with Crippen LogP contribution in [-0.4, -0.2) is 0 Å². The molecule has 0 unspecified atom stereocenters. The fourth-order valence-corrected chi connectivity index (χ4v) is 8.59. The summed E-state index contributed by atoms with van der Waals surface area (Å²) in [7, 11) is -10.8. The highest BCUT2D eigenvalue weighted by atomic mass is 32.5. The van der Waals surface area contributed by atoms with Gasteiger partial charge in [0, 0.05) is 11.6 Å². The van der Waals surface area contributed by atoms with Gasteiger partial charge >= 0.3 is 16.3 Å². The number of ether oxygens (including phenoxy) is 1. The van der Waals surface area contributed by atoms with Gasteiger partial charge in [0.15, 0.2) is 4.90 Å². The molecule has 3 aromatic carbocycles. The Labute approximate surface area is 283 Å². The summed E-state index contributed by atoms with van der Waals surface area (Å²) in [5.74, 6) is -9.47. The Balaban J connectivity index is 1.24. The van der Waals surface area contributed by atoms with E-state index in [0.717, 1.165) is 30.9 Å². The number of unbranched alkanes of at least 4 members (excludes halogenated alkanes) is 2. The third kappa shape index (κ3) is 8.70. The Morgan fingerprint density at radius 1 is 0.660 bits per heavy atom. The molecule has 0 atom stereocenters. The highest BCUT2D eigenvalue weighted by molar-refractivity contribution is 8.45. The maximum Gasteiger partial charge on any atom is 0.432 e. The number of rotatable bonds is 11. The molecule has 0 N–H and O–H groups in total. The lowest BCUT2D eigenvalue weighted by atomic mass is 9.68. The van der Waals surface area contributed by atoms with Crippen molar-refractivity contribution in [1.82, 2.24) is 0 Å². The Hall–Kier alpha value is -3.03. The van der Waals surface area contributed by atoms with E-state index in [0.29, 0.717) is 36.8 Å². The van der Waals surface area contributed by atoms with Gasteiger partial charge in [-0.25, -0.2) is 22.0 Å². The number of benzene rings is 3. The summed E-state index contributed by atoms with van der Waals surface area (Å²) >= 11 is 0. The van der Waals surface area contributed by atoms with Gasteiger partial charge in [-0.15, -0.1) is 0 Å². The maximum atomic E-state index is 15.1. The van der Waals surface area contributed by atoms with Crippen LogP contribution in [0.2, 0.25) is 0 Å². The highest BCUT2D eigenvalue weighted by Crippen LogP contribution is 3.02. The summed E-state index contributed by atoms with van der Waals surface area (Å²) in [5, 5.41) is 0. The minimum atomic E-state index is -10.8. The van der Waals surface area contributed by atoms with E-state index in [9.17, 15) is 32.6 Å². The van der Waals surface area contributed by atoms with Gasteiger partial charge in [0.1, 0.15) is 40.4 Å². The summed E-state index contributed by atoms with van der Waals surface area (Å²) in [6.45, 7) is 2.19. The zero-order chi connectivity index (χ0) is 36.7. The van der Waals surface area contributed by atoms with E-state index in [1.807, 2.05) is 0 Å². The van der Waals surface area contributed by atoms with Crippen LogP contribution in [0.25, 0.3) is 11.1 Å². The molecule has 3 aromatic rings. The van der Waals surface area contributed by atoms with Crippen LogP contribution in [-0.2, 0) is 6.11 Å². The second kappa shape index (κ2) is 13.5. The van der Waals surface area contributed by atoms with Crippen molar-refractivity contribution in [1.29, 1.82) is 0 Å². The molecule has 0 heterocycles. The summed E-state index contributed by atoms with van der Waals surface area (Å²) in [6, 6.07) is 2.70. The minimum Gasteiger partial charge on any atom is -0.429 e. The van der Waals surface area contributed by atoms with E-state index < -0.39 is 72.8 Å². The third-order valence-electron chi connectivity index (χ3n) is 10.3.